The molecule has 0 spiro atoms. The molecule has 6 heteroatoms. The number of hydrogen-bond acceptors (Lipinski definition) is 4. The minimum absolute atomic E-state index is 0.0538. The average Bonchev–Trinajstić information content (AvgIpc) is 2.54. The van der Waals surface area contributed by atoms with E-state index in [1.54, 1.807) is 13.1 Å². The fourth-order valence-electron chi connectivity index (χ4n) is 3.10. The first-order valence-electron chi connectivity index (χ1n) is 8.01. The molecule has 1 aromatic heterocycles. The zero-order valence-corrected chi connectivity index (χ0v) is 13.5. The van der Waals surface area contributed by atoms with Gasteiger partial charge in [0.1, 0.15) is 0 Å². The number of carbonyl (C=O) groups is 1. The van der Waals surface area contributed by atoms with Crippen molar-refractivity contribution in [1.29, 1.82) is 0 Å². The average molecular weight is 314 g/mol. The minimum atomic E-state index is -0.144. The smallest absolute Gasteiger partial charge is 0.274 e. The topological polar surface area (TPSA) is 76.0 Å². The van der Waals surface area contributed by atoms with Crippen molar-refractivity contribution in [2.45, 2.75) is 25.8 Å². The summed E-state index contributed by atoms with van der Waals surface area (Å²) in [5.41, 5.74) is 0.492. The van der Waals surface area contributed by atoms with Crippen molar-refractivity contribution in [3.63, 3.8) is 0 Å². The molecule has 2 aromatic rings. The molecule has 1 aromatic carbocycles. The van der Waals surface area contributed by atoms with Gasteiger partial charge in [-0.25, -0.2) is 4.68 Å². The van der Waals surface area contributed by atoms with E-state index in [1.807, 2.05) is 18.2 Å². The molecular weight excluding hydrogens is 292 g/mol. The van der Waals surface area contributed by atoms with Gasteiger partial charge in [-0.1, -0.05) is 25.1 Å². The van der Waals surface area contributed by atoms with Crippen LogP contribution in [0.25, 0.3) is 10.8 Å². The van der Waals surface area contributed by atoms with E-state index in [1.165, 1.54) is 4.68 Å². The molecule has 0 radical (unpaired) electrons. The Balaban J connectivity index is 1.82. The Labute approximate surface area is 134 Å². The number of hydrogen-bond donors (Lipinski definition) is 2. The van der Waals surface area contributed by atoms with Gasteiger partial charge in [0.05, 0.1) is 17.5 Å². The molecule has 2 N–H and O–H groups in total. The van der Waals surface area contributed by atoms with Crippen LogP contribution in [0.2, 0.25) is 0 Å². The molecule has 122 valence electrons. The number of aryl methyl sites for hydroxylation is 1. The Hall–Kier alpha value is -2.21. The second-order valence-electron chi connectivity index (χ2n) is 6.24. The summed E-state index contributed by atoms with van der Waals surface area (Å²) in [7, 11) is 1.61. The van der Waals surface area contributed by atoms with Gasteiger partial charge in [0.2, 0.25) is 5.91 Å². The second-order valence-corrected chi connectivity index (χ2v) is 6.24. The van der Waals surface area contributed by atoms with E-state index in [4.69, 9.17) is 0 Å². The molecule has 1 saturated heterocycles. The largest absolute Gasteiger partial charge is 0.351 e. The van der Waals surface area contributed by atoms with Gasteiger partial charge in [-0.2, -0.15) is 5.10 Å². The van der Waals surface area contributed by atoms with Crippen LogP contribution in [0.15, 0.2) is 29.1 Å². The summed E-state index contributed by atoms with van der Waals surface area (Å²) in [4.78, 5) is 24.5. The summed E-state index contributed by atoms with van der Waals surface area (Å²) >= 11 is 0. The minimum Gasteiger partial charge on any atom is -0.351 e. The lowest BCUT2D eigenvalue weighted by Gasteiger charge is -2.30. The van der Waals surface area contributed by atoms with Crippen molar-refractivity contribution >= 4 is 16.7 Å². The maximum absolute atomic E-state index is 12.4. The van der Waals surface area contributed by atoms with E-state index >= 15 is 0 Å². The van der Waals surface area contributed by atoms with Gasteiger partial charge in [-0.05, 0) is 24.9 Å². The Kier molecular flexibility index (Phi) is 4.43. The van der Waals surface area contributed by atoms with Crippen molar-refractivity contribution in [2.24, 2.45) is 13.0 Å². The third-order valence-electron chi connectivity index (χ3n) is 4.53. The molecule has 1 aliphatic heterocycles. The second kappa shape index (κ2) is 6.50. The molecule has 0 bridgehead atoms. The van der Waals surface area contributed by atoms with Crippen LogP contribution in [-0.4, -0.2) is 34.8 Å². The Morgan fingerprint density at radius 1 is 1.39 bits per heavy atom. The first-order chi connectivity index (χ1) is 11.1. The van der Waals surface area contributed by atoms with E-state index in [0.717, 1.165) is 24.9 Å². The van der Waals surface area contributed by atoms with Gasteiger partial charge < -0.3 is 10.6 Å². The predicted octanol–water partition coefficient (Wildman–Crippen LogP) is 0.590. The summed E-state index contributed by atoms with van der Waals surface area (Å²) in [5.74, 6) is 0.409. The molecule has 0 saturated carbocycles. The van der Waals surface area contributed by atoms with Gasteiger partial charge in [0.15, 0.2) is 0 Å². The number of amides is 1. The van der Waals surface area contributed by atoms with E-state index in [0.29, 0.717) is 17.0 Å². The Morgan fingerprint density at radius 3 is 2.87 bits per heavy atom. The van der Waals surface area contributed by atoms with Gasteiger partial charge >= 0.3 is 0 Å². The molecule has 1 aliphatic rings. The fourth-order valence-corrected chi connectivity index (χ4v) is 3.10. The lowest BCUT2D eigenvalue weighted by atomic mass is 9.94. The van der Waals surface area contributed by atoms with E-state index in [9.17, 15) is 9.59 Å². The van der Waals surface area contributed by atoms with Crippen molar-refractivity contribution in [1.82, 2.24) is 20.4 Å². The summed E-state index contributed by atoms with van der Waals surface area (Å²) < 4.78 is 1.30. The van der Waals surface area contributed by atoms with Gasteiger partial charge in [-0.15, -0.1) is 0 Å². The molecule has 6 nitrogen and oxygen atoms in total. The molecule has 1 amide bonds. The van der Waals surface area contributed by atoms with Crippen LogP contribution in [0.3, 0.4) is 0 Å². The molecule has 1 fully saturated rings. The quantitative estimate of drug-likeness (QED) is 0.869. The summed E-state index contributed by atoms with van der Waals surface area (Å²) in [6.07, 6.45) is 1.24. The highest BCUT2D eigenvalue weighted by atomic mass is 16.2. The van der Waals surface area contributed by atoms with Crippen LogP contribution in [0.4, 0.5) is 0 Å². The third-order valence-corrected chi connectivity index (χ3v) is 4.53. The van der Waals surface area contributed by atoms with Crippen molar-refractivity contribution < 1.29 is 4.79 Å². The summed E-state index contributed by atoms with van der Waals surface area (Å²) in [5, 5.41) is 12.0. The van der Waals surface area contributed by atoms with Crippen LogP contribution in [-0.2, 0) is 18.3 Å². The van der Waals surface area contributed by atoms with Crippen LogP contribution in [0.5, 0.6) is 0 Å². The van der Waals surface area contributed by atoms with Crippen molar-refractivity contribution in [3.05, 3.63) is 40.3 Å². The molecule has 23 heavy (non-hydrogen) atoms. The van der Waals surface area contributed by atoms with Crippen LogP contribution in [0.1, 0.15) is 19.0 Å². The highest BCUT2D eigenvalue weighted by Crippen LogP contribution is 2.15. The van der Waals surface area contributed by atoms with Crippen molar-refractivity contribution in [2.75, 3.05) is 13.1 Å². The Bertz CT molecular complexity index is 784. The predicted molar refractivity (Wildman–Crippen MR) is 89.3 cm³/mol. The van der Waals surface area contributed by atoms with Crippen LogP contribution < -0.4 is 16.2 Å². The zero-order chi connectivity index (χ0) is 16.4. The molecule has 2 unspecified atom stereocenters. The highest BCUT2D eigenvalue weighted by molar-refractivity contribution is 5.88. The van der Waals surface area contributed by atoms with E-state index < -0.39 is 0 Å². The molecule has 2 atom stereocenters. The van der Waals surface area contributed by atoms with Crippen LogP contribution in [0, 0.1) is 5.92 Å². The number of carbonyl (C=O) groups excluding carboxylic acids is 1. The summed E-state index contributed by atoms with van der Waals surface area (Å²) in [6.45, 7) is 3.96. The molecule has 2 heterocycles. The van der Waals surface area contributed by atoms with E-state index in [2.05, 4.69) is 22.7 Å². The lowest BCUT2D eigenvalue weighted by Crippen LogP contribution is -2.50. The number of fused-ring (bicyclic) bond motifs is 1. The molecule has 3 rings (SSSR count). The lowest BCUT2D eigenvalue weighted by molar-refractivity contribution is -0.121. The Morgan fingerprint density at radius 2 is 2.13 bits per heavy atom. The summed E-state index contributed by atoms with van der Waals surface area (Å²) in [6, 6.07) is 7.45. The SMILES string of the molecule is CC1CCNCC1NC(=O)Cc1nn(C)c(=O)c2ccccc12. The monoisotopic (exact) mass is 314 g/mol. The number of rotatable bonds is 3. The standard InChI is InChI=1S/C17H22N4O2/c1-11-7-8-18-10-15(11)19-16(22)9-14-12-5-3-4-6-13(12)17(23)21(2)20-14/h3-6,11,15,18H,7-10H2,1-2H3,(H,19,22). The number of benzene rings is 1. The highest BCUT2D eigenvalue weighted by Gasteiger charge is 2.23. The number of nitrogens with zero attached hydrogens (tertiary/aromatic N) is 2. The first-order valence-corrected chi connectivity index (χ1v) is 8.01. The van der Waals surface area contributed by atoms with Gasteiger partial charge in [0, 0.05) is 25.0 Å². The number of piperidine rings is 1. The fraction of sp³-hybridized carbons (Fsp3) is 0.471. The maximum Gasteiger partial charge on any atom is 0.274 e. The van der Waals surface area contributed by atoms with E-state index in [-0.39, 0.29) is 23.9 Å². The van der Waals surface area contributed by atoms with Crippen molar-refractivity contribution in [3.8, 4) is 0 Å². The number of nitrogens with one attached hydrogen (secondary N) is 2. The molecular formula is C17H22N4O2. The van der Waals surface area contributed by atoms with Crippen LogP contribution >= 0.6 is 0 Å². The van der Waals surface area contributed by atoms with Gasteiger partial charge in [-0.3, -0.25) is 9.59 Å². The third kappa shape index (κ3) is 3.27. The van der Waals surface area contributed by atoms with Gasteiger partial charge in [0.25, 0.3) is 5.56 Å². The normalized spacial score (nSPS) is 21.3. The maximum atomic E-state index is 12.4. The zero-order valence-electron chi connectivity index (χ0n) is 13.5. The molecule has 0 aliphatic carbocycles. The number of aromatic nitrogens is 2. The first kappa shape index (κ1) is 15.7.